The van der Waals surface area contributed by atoms with Crippen molar-refractivity contribution >= 4 is 30.2 Å². The highest BCUT2D eigenvalue weighted by Crippen LogP contribution is 2.06. The lowest BCUT2D eigenvalue weighted by molar-refractivity contribution is -0.133. The molecule has 0 saturated carbocycles. The summed E-state index contributed by atoms with van der Waals surface area (Å²) in [5.41, 5.74) is 5.04. The number of rotatable bonds is 16. The fraction of sp³-hybridized carbons (Fsp3) is 0.750. The Morgan fingerprint density at radius 1 is 1.00 bits per heavy atom. The number of carbonyl (C=O) groups excluding carboxylic acids is 5. The molecule has 6 N–H and O–H groups in total. The third-order valence-corrected chi connectivity index (χ3v) is 4.57. The summed E-state index contributed by atoms with van der Waals surface area (Å²) in [4.78, 5) is 60.4. The largest absolute Gasteiger partial charge is 0.353 e. The van der Waals surface area contributed by atoms with Gasteiger partial charge in [0, 0.05) is 33.1 Å². The number of hydrogen-bond donors (Lipinski definition) is 5. The van der Waals surface area contributed by atoms with E-state index < -0.39 is 29.9 Å². The number of nitrogens with zero attached hydrogens (tertiary/aromatic N) is 1. The molecule has 0 heterocycles. The van der Waals surface area contributed by atoms with E-state index in [2.05, 4.69) is 21.3 Å². The van der Waals surface area contributed by atoms with Crippen molar-refractivity contribution in [3.05, 3.63) is 0 Å². The first kappa shape index (κ1) is 28.1. The molecule has 0 aromatic rings. The SMILES string of the molecule is CCCCC(=O)NC(C(=O)NC(CCCNC(N)=O)C(=O)NCCN(C)C=O)C(C)C. The van der Waals surface area contributed by atoms with Gasteiger partial charge in [0.1, 0.15) is 12.1 Å². The minimum absolute atomic E-state index is 0.174. The zero-order valence-corrected chi connectivity index (χ0v) is 19.0. The highest BCUT2D eigenvalue weighted by molar-refractivity contribution is 5.92. The van der Waals surface area contributed by atoms with Gasteiger partial charge >= 0.3 is 6.03 Å². The van der Waals surface area contributed by atoms with Crippen LogP contribution in [0.3, 0.4) is 0 Å². The summed E-state index contributed by atoms with van der Waals surface area (Å²) in [6.45, 7) is 6.40. The molecule has 0 rings (SSSR count). The molecule has 0 aromatic heterocycles. The molecule has 0 spiro atoms. The van der Waals surface area contributed by atoms with Gasteiger partial charge in [-0.3, -0.25) is 19.2 Å². The molecule has 2 atom stereocenters. The van der Waals surface area contributed by atoms with E-state index in [-0.39, 0.29) is 31.3 Å². The van der Waals surface area contributed by atoms with E-state index in [4.69, 9.17) is 5.73 Å². The van der Waals surface area contributed by atoms with E-state index in [1.165, 1.54) is 4.90 Å². The molecular formula is C20H38N6O5. The van der Waals surface area contributed by atoms with Gasteiger partial charge in [-0.25, -0.2) is 4.79 Å². The second-order valence-corrected chi connectivity index (χ2v) is 7.76. The Balaban J connectivity index is 5.05. The Morgan fingerprint density at radius 3 is 2.23 bits per heavy atom. The van der Waals surface area contributed by atoms with Crippen LogP contribution in [0.1, 0.15) is 52.9 Å². The zero-order chi connectivity index (χ0) is 23.8. The normalized spacial score (nSPS) is 12.4. The van der Waals surface area contributed by atoms with Crippen molar-refractivity contribution in [1.29, 1.82) is 0 Å². The molecular weight excluding hydrogens is 404 g/mol. The number of carbonyl (C=O) groups is 5. The second-order valence-electron chi connectivity index (χ2n) is 7.76. The molecule has 0 aliphatic rings. The minimum atomic E-state index is -0.863. The number of unbranched alkanes of at least 4 members (excludes halogenated alkanes) is 1. The number of amides is 6. The first-order chi connectivity index (χ1) is 14.6. The molecule has 0 fully saturated rings. The molecule has 0 bridgehead atoms. The Hall–Kier alpha value is -2.85. The van der Waals surface area contributed by atoms with Crippen molar-refractivity contribution in [2.75, 3.05) is 26.7 Å². The van der Waals surface area contributed by atoms with Gasteiger partial charge in [0.2, 0.25) is 24.1 Å². The Labute approximate surface area is 184 Å². The van der Waals surface area contributed by atoms with Crippen LogP contribution in [0.5, 0.6) is 0 Å². The standard InChI is InChI=1S/C20H38N6O5/c1-5-6-9-16(28)25-17(14(2)3)19(30)24-15(8-7-10-23-20(21)31)18(29)22-11-12-26(4)13-27/h13-15,17H,5-12H2,1-4H3,(H,22,29)(H,24,30)(H,25,28)(H3,21,23,31). The van der Waals surface area contributed by atoms with Crippen LogP contribution >= 0.6 is 0 Å². The number of likely N-dealkylation sites (N-methyl/N-ethyl adjacent to an activating group) is 1. The van der Waals surface area contributed by atoms with Crippen LogP contribution in [0, 0.1) is 5.92 Å². The number of nitrogens with one attached hydrogen (secondary N) is 4. The summed E-state index contributed by atoms with van der Waals surface area (Å²) < 4.78 is 0. The van der Waals surface area contributed by atoms with Crippen molar-refractivity contribution in [3.8, 4) is 0 Å². The number of nitrogens with two attached hydrogens (primary N) is 1. The van der Waals surface area contributed by atoms with Crippen LogP contribution in [0.2, 0.25) is 0 Å². The summed E-state index contributed by atoms with van der Waals surface area (Å²) in [7, 11) is 1.59. The van der Waals surface area contributed by atoms with E-state index in [1.807, 2.05) is 20.8 Å². The summed E-state index contributed by atoms with van der Waals surface area (Å²) in [5.74, 6) is -1.24. The van der Waals surface area contributed by atoms with Gasteiger partial charge in [0.05, 0.1) is 0 Å². The third kappa shape index (κ3) is 13.1. The van der Waals surface area contributed by atoms with Crippen molar-refractivity contribution in [2.45, 2.75) is 65.0 Å². The van der Waals surface area contributed by atoms with Crippen LogP contribution in [0.4, 0.5) is 4.79 Å². The van der Waals surface area contributed by atoms with Gasteiger partial charge in [0.15, 0.2) is 0 Å². The molecule has 6 amide bonds. The highest BCUT2D eigenvalue weighted by atomic mass is 16.2. The maximum absolute atomic E-state index is 12.8. The summed E-state index contributed by atoms with van der Waals surface area (Å²) in [6, 6.07) is -2.31. The van der Waals surface area contributed by atoms with Gasteiger partial charge < -0.3 is 31.9 Å². The van der Waals surface area contributed by atoms with E-state index in [1.54, 1.807) is 7.05 Å². The molecule has 0 aliphatic carbocycles. The molecule has 11 nitrogen and oxygen atoms in total. The van der Waals surface area contributed by atoms with Gasteiger partial charge in [-0.1, -0.05) is 27.2 Å². The van der Waals surface area contributed by atoms with E-state index in [0.717, 1.165) is 12.8 Å². The van der Waals surface area contributed by atoms with Gasteiger partial charge in [-0.15, -0.1) is 0 Å². The van der Waals surface area contributed by atoms with Crippen molar-refractivity contribution in [1.82, 2.24) is 26.2 Å². The number of primary amides is 1. The van der Waals surface area contributed by atoms with Crippen molar-refractivity contribution in [2.24, 2.45) is 11.7 Å². The van der Waals surface area contributed by atoms with Crippen molar-refractivity contribution in [3.63, 3.8) is 0 Å². The third-order valence-electron chi connectivity index (χ3n) is 4.57. The fourth-order valence-corrected chi connectivity index (χ4v) is 2.70. The lowest BCUT2D eigenvalue weighted by atomic mass is 10.0. The topological polar surface area (TPSA) is 163 Å². The Kier molecular flexibility index (Phi) is 14.5. The highest BCUT2D eigenvalue weighted by Gasteiger charge is 2.28. The van der Waals surface area contributed by atoms with Crippen molar-refractivity contribution < 1.29 is 24.0 Å². The Morgan fingerprint density at radius 2 is 1.68 bits per heavy atom. The molecule has 178 valence electrons. The molecule has 0 saturated heterocycles. The summed E-state index contributed by atoms with van der Waals surface area (Å²) >= 11 is 0. The lowest BCUT2D eigenvalue weighted by Crippen LogP contribution is -2.55. The van der Waals surface area contributed by atoms with Crippen LogP contribution in [-0.4, -0.2) is 73.8 Å². The molecule has 2 unspecified atom stereocenters. The summed E-state index contributed by atoms with van der Waals surface area (Å²) in [5, 5.41) is 10.6. The van der Waals surface area contributed by atoms with Gasteiger partial charge in [-0.2, -0.15) is 0 Å². The second kappa shape index (κ2) is 15.9. The monoisotopic (exact) mass is 442 g/mol. The van der Waals surface area contributed by atoms with Crippen LogP contribution in [0.15, 0.2) is 0 Å². The maximum Gasteiger partial charge on any atom is 0.312 e. The zero-order valence-electron chi connectivity index (χ0n) is 19.0. The number of hydrogen-bond acceptors (Lipinski definition) is 5. The average Bonchev–Trinajstić information content (AvgIpc) is 2.71. The smallest absolute Gasteiger partial charge is 0.312 e. The predicted molar refractivity (Wildman–Crippen MR) is 117 cm³/mol. The fourth-order valence-electron chi connectivity index (χ4n) is 2.70. The molecule has 0 aliphatic heterocycles. The Bertz CT molecular complexity index is 599. The predicted octanol–water partition coefficient (Wildman–Crippen LogP) is -0.545. The minimum Gasteiger partial charge on any atom is -0.353 e. The average molecular weight is 443 g/mol. The van der Waals surface area contributed by atoms with Crippen LogP contribution < -0.4 is 27.0 Å². The van der Waals surface area contributed by atoms with Crippen LogP contribution in [0.25, 0.3) is 0 Å². The molecule has 31 heavy (non-hydrogen) atoms. The number of urea groups is 1. The first-order valence-corrected chi connectivity index (χ1v) is 10.7. The van der Waals surface area contributed by atoms with Gasteiger partial charge in [-0.05, 0) is 25.2 Å². The maximum atomic E-state index is 12.8. The lowest BCUT2D eigenvalue weighted by Gasteiger charge is -2.25. The molecule has 0 radical (unpaired) electrons. The van der Waals surface area contributed by atoms with E-state index >= 15 is 0 Å². The quantitative estimate of drug-likeness (QED) is 0.160. The van der Waals surface area contributed by atoms with Gasteiger partial charge in [0.25, 0.3) is 0 Å². The summed E-state index contributed by atoms with van der Waals surface area (Å²) in [6.07, 6.45) is 3.24. The first-order valence-electron chi connectivity index (χ1n) is 10.7. The van der Waals surface area contributed by atoms with Crippen LogP contribution in [-0.2, 0) is 19.2 Å². The van der Waals surface area contributed by atoms with E-state index in [0.29, 0.717) is 25.8 Å². The molecule has 0 aromatic carbocycles. The van der Waals surface area contributed by atoms with E-state index in [9.17, 15) is 24.0 Å². The molecule has 11 heteroatoms.